The van der Waals surface area contributed by atoms with E-state index in [2.05, 4.69) is 15.9 Å². The molecule has 0 aromatic heterocycles. The first-order valence-electron chi connectivity index (χ1n) is 4.31. The maximum atomic E-state index is 9.88. The van der Waals surface area contributed by atoms with Crippen molar-refractivity contribution in [2.24, 2.45) is 5.92 Å². The predicted molar refractivity (Wildman–Crippen MR) is 56.8 cm³/mol. The van der Waals surface area contributed by atoms with Crippen LogP contribution in [-0.2, 0) is 0 Å². The Hall–Kier alpha value is -0.0500. The van der Waals surface area contributed by atoms with E-state index in [1.807, 2.05) is 18.2 Å². The maximum Gasteiger partial charge on any atom is 0.0829 e. The molecule has 70 valence electrons. The van der Waals surface area contributed by atoms with Gasteiger partial charge < -0.3 is 5.11 Å². The number of aliphatic hydroxyl groups excluding tert-OH is 1. The molecule has 1 saturated carbocycles. The highest BCUT2D eigenvalue weighted by atomic mass is 79.9. The minimum absolute atomic E-state index is 0.354. The third-order valence-corrected chi connectivity index (χ3v) is 3.30. The van der Waals surface area contributed by atoms with Crippen LogP contribution >= 0.6 is 27.5 Å². The van der Waals surface area contributed by atoms with Crippen molar-refractivity contribution in [1.82, 2.24) is 0 Å². The molecule has 3 heteroatoms. The second kappa shape index (κ2) is 3.60. The zero-order valence-electron chi connectivity index (χ0n) is 7.00. The lowest BCUT2D eigenvalue weighted by molar-refractivity contribution is 0.153. The quantitative estimate of drug-likeness (QED) is 0.863. The van der Waals surface area contributed by atoms with E-state index in [1.54, 1.807) is 0 Å². The summed E-state index contributed by atoms with van der Waals surface area (Å²) in [5, 5.41) is 10.6. The van der Waals surface area contributed by atoms with Gasteiger partial charge in [-0.3, -0.25) is 0 Å². The Morgan fingerprint density at radius 2 is 2.15 bits per heavy atom. The molecule has 0 amide bonds. The SMILES string of the molecule is OC(c1cc(Cl)ccc1Br)C1CC1. The maximum absolute atomic E-state index is 9.88. The van der Waals surface area contributed by atoms with Crippen LogP contribution in [0.5, 0.6) is 0 Å². The minimum atomic E-state index is -0.354. The van der Waals surface area contributed by atoms with Crippen molar-refractivity contribution in [3.8, 4) is 0 Å². The van der Waals surface area contributed by atoms with Crippen LogP contribution in [-0.4, -0.2) is 5.11 Å². The average molecular weight is 262 g/mol. The van der Waals surface area contributed by atoms with Crippen LogP contribution in [0.1, 0.15) is 24.5 Å². The van der Waals surface area contributed by atoms with Gasteiger partial charge in [-0.25, -0.2) is 0 Å². The van der Waals surface area contributed by atoms with E-state index < -0.39 is 0 Å². The number of hydrogen-bond donors (Lipinski definition) is 1. The van der Waals surface area contributed by atoms with Gasteiger partial charge in [-0.2, -0.15) is 0 Å². The molecule has 2 rings (SSSR count). The molecule has 13 heavy (non-hydrogen) atoms. The zero-order chi connectivity index (χ0) is 9.42. The molecule has 1 unspecified atom stereocenters. The van der Waals surface area contributed by atoms with E-state index in [4.69, 9.17) is 11.6 Å². The van der Waals surface area contributed by atoms with Gasteiger partial charge in [0.25, 0.3) is 0 Å². The lowest BCUT2D eigenvalue weighted by atomic mass is 10.1. The molecule has 0 saturated heterocycles. The topological polar surface area (TPSA) is 20.2 Å². The lowest BCUT2D eigenvalue weighted by Crippen LogP contribution is -2.00. The highest BCUT2D eigenvalue weighted by molar-refractivity contribution is 9.10. The number of rotatable bonds is 2. The summed E-state index contributed by atoms with van der Waals surface area (Å²) < 4.78 is 0.941. The first-order valence-corrected chi connectivity index (χ1v) is 5.48. The van der Waals surface area contributed by atoms with Crippen LogP contribution < -0.4 is 0 Å². The molecule has 1 aromatic carbocycles. The largest absolute Gasteiger partial charge is 0.388 e. The van der Waals surface area contributed by atoms with Crippen molar-refractivity contribution in [2.45, 2.75) is 18.9 Å². The monoisotopic (exact) mass is 260 g/mol. The van der Waals surface area contributed by atoms with Crippen LogP contribution in [0, 0.1) is 5.92 Å². The second-order valence-corrected chi connectivity index (χ2v) is 4.74. The Morgan fingerprint density at radius 1 is 1.46 bits per heavy atom. The molecule has 0 radical (unpaired) electrons. The average Bonchev–Trinajstić information content (AvgIpc) is 2.91. The van der Waals surface area contributed by atoms with Crippen LogP contribution in [0.25, 0.3) is 0 Å². The molecule has 1 aliphatic rings. The van der Waals surface area contributed by atoms with E-state index in [1.165, 1.54) is 0 Å². The van der Waals surface area contributed by atoms with Crippen molar-refractivity contribution < 1.29 is 5.11 Å². The molecule has 0 spiro atoms. The predicted octanol–water partition coefficient (Wildman–Crippen LogP) is 3.55. The van der Waals surface area contributed by atoms with Crippen LogP contribution in [0.4, 0.5) is 0 Å². The van der Waals surface area contributed by atoms with E-state index >= 15 is 0 Å². The number of aliphatic hydroxyl groups is 1. The van der Waals surface area contributed by atoms with Crippen molar-refractivity contribution in [3.05, 3.63) is 33.3 Å². The smallest absolute Gasteiger partial charge is 0.0829 e. The van der Waals surface area contributed by atoms with Crippen molar-refractivity contribution >= 4 is 27.5 Å². The number of halogens is 2. The Bertz CT molecular complexity index is 323. The Kier molecular flexibility index (Phi) is 2.63. The van der Waals surface area contributed by atoms with Crippen LogP contribution in [0.2, 0.25) is 5.02 Å². The van der Waals surface area contributed by atoms with Gasteiger partial charge in [-0.05, 0) is 42.5 Å². The van der Waals surface area contributed by atoms with E-state index in [-0.39, 0.29) is 6.10 Å². The summed E-state index contributed by atoms with van der Waals surface area (Å²) in [5.74, 6) is 0.440. The van der Waals surface area contributed by atoms with Gasteiger partial charge in [0.15, 0.2) is 0 Å². The van der Waals surface area contributed by atoms with Gasteiger partial charge in [-0.1, -0.05) is 27.5 Å². The molecule has 1 fully saturated rings. The fourth-order valence-electron chi connectivity index (χ4n) is 1.41. The second-order valence-electron chi connectivity index (χ2n) is 3.45. The fraction of sp³-hybridized carbons (Fsp3) is 0.400. The summed E-state index contributed by atoms with van der Waals surface area (Å²) in [6.07, 6.45) is 1.90. The zero-order valence-corrected chi connectivity index (χ0v) is 9.35. The molecule has 1 N–H and O–H groups in total. The van der Waals surface area contributed by atoms with Gasteiger partial charge in [0, 0.05) is 9.50 Å². The third kappa shape index (κ3) is 2.06. The van der Waals surface area contributed by atoms with Gasteiger partial charge in [-0.15, -0.1) is 0 Å². The summed E-state index contributed by atoms with van der Waals surface area (Å²) in [6.45, 7) is 0. The summed E-state index contributed by atoms with van der Waals surface area (Å²) in [5.41, 5.74) is 0.912. The lowest BCUT2D eigenvalue weighted by Gasteiger charge is -2.11. The third-order valence-electron chi connectivity index (χ3n) is 2.35. The highest BCUT2D eigenvalue weighted by Crippen LogP contribution is 2.43. The molecule has 0 bridgehead atoms. The summed E-state index contributed by atoms with van der Waals surface area (Å²) in [6, 6.07) is 5.52. The Morgan fingerprint density at radius 3 is 2.77 bits per heavy atom. The first-order chi connectivity index (χ1) is 6.18. The van der Waals surface area contributed by atoms with E-state index in [0.29, 0.717) is 10.9 Å². The highest BCUT2D eigenvalue weighted by Gasteiger charge is 2.31. The first kappa shape index (κ1) is 9.50. The van der Waals surface area contributed by atoms with Crippen molar-refractivity contribution in [1.29, 1.82) is 0 Å². The number of hydrogen-bond acceptors (Lipinski definition) is 1. The van der Waals surface area contributed by atoms with Crippen molar-refractivity contribution in [3.63, 3.8) is 0 Å². The van der Waals surface area contributed by atoms with Gasteiger partial charge >= 0.3 is 0 Å². The minimum Gasteiger partial charge on any atom is -0.388 e. The molecule has 0 heterocycles. The van der Waals surface area contributed by atoms with Crippen LogP contribution in [0.15, 0.2) is 22.7 Å². The normalized spacial score (nSPS) is 18.7. The summed E-state index contributed by atoms with van der Waals surface area (Å²) >= 11 is 9.26. The van der Waals surface area contributed by atoms with Gasteiger partial charge in [0.1, 0.15) is 0 Å². The number of benzene rings is 1. The van der Waals surface area contributed by atoms with Gasteiger partial charge in [0.2, 0.25) is 0 Å². The van der Waals surface area contributed by atoms with Gasteiger partial charge in [0.05, 0.1) is 6.10 Å². The van der Waals surface area contributed by atoms with Crippen molar-refractivity contribution in [2.75, 3.05) is 0 Å². The molecule has 1 nitrogen and oxygen atoms in total. The molecule has 1 aliphatic carbocycles. The molecular formula is C10H10BrClO. The molecule has 0 aliphatic heterocycles. The Balaban J connectivity index is 2.31. The fourth-order valence-corrected chi connectivity index (χ4v) is 2.07. The molecule has 1 atom stereocenters. The molecule has 1 aromatic rings. The summed E-state index contributed by atoms with van der Waals surface area (Å²) in [7, 11) is 0. The standard InChI is InChI=1S/C10H10BrClO/c11-9-4-3-7(12)5-8(9)10(13)6-1-2-6/h3-6,10,13H,1-2H2. The van der Waals surface area contributed by atoms with E-state index in [9.17, 15) is 5.11 Å². The summed E-state index contributed by atoms with van der Waals surface area (Å²) in [4.78, 5) is 0. The van der Waals surface area contributed by atoms with Crippen LogP contribution in [0.3, 0.4) is 0 Å². The molecular weight excluding hydrogens is 251 g/mol. The Labute approximate surface area is 90.9 Å². The van der Waals surface area contributed by atoms with E-state index in [0.717, 1.165) is 22.9 Å².